The molecule has 1 saturated heterocycles. The summed E-state index contributed by atoms with van der Waals surface area (Å²) < 4.78 is 5.27. The Morgan fingerprint density at radius 3 is 2.48 bits per heavy atom. The molecule has 2 aromatic rings. The Morgan fingerprint density at radius 1 is 1.08 bits per heavy atom. The fourth-order valence-corrected chi connectivity index (χ4v) is 3.20. The van der Waals surface area contributed by atoms with Crippen LogP contribution in [0.2, 0.25) is 0 Å². The van der Waals surface area contributed by atoms with E-state index in [4.69, 9.17) is 4.52 Å². The van der Waals surface area contributed by atoms with Gasteiger partial charge in [-0.05, 0) is 37.8 Å². The van der Waals surface area contributed by atoms with Crippen molar-refractivity contribution in [1.29, 1.82) is 0 Å². The van der Waals surface area contributed by atoms with Gasteiger partial charge < -0.3 is 14.7 Å². The lowest BCUT2D eigenvalue weighted by molar-refractivity contribution is 0.0688. The van der Waals surface area contributed by atoms with Gasteiger partial charge in [-0.25, -0.2) is 0 Å². The number of hydrogen-bond acceptors (Lipinski definition) is 4. The average Bonchev–Trinajstić information content (AvgIpc) is 3.39. The zero-order valence-corrected chi connectivity index (χ0v) is 14.0. The molecule has 6 nitrogen and oxygen atoms in total. The van der Waals surface area contributed by atoms with E-state index in [9.17, 15) is 9.59 Å². The van der Waals surface area contributed by atoms with E-state index in [1.54, 1.807) is 23.1 Å². The quantitative estimate of drug-likeness (QED) is 0.929. The third-order valence-corrected chi connectivity index (χ3v) is 4.88. The number of nitrogens with zero attached hydrogens (tertiary/aromatic N) is 2. The molecular weight excluding hydrogens is 318 g/mol. The second kappa shape index (κ2) is 6.70. The molecule has 6 heteroatoms. The molecule has 1 aliphatic carbocycles. The van der Waals surface area contributed by atoms with Gasteiger partial charge in [-0.1, -0.05) is 23.4 Å². The number of carbonyl (C=O) groups excluding carboxylic acids is 2. The van der Waals surface area contributed by atoms with E-state index in [2.05, 4.69) is 10.5 Å². The maximum Gasteiger partial charge on any atom is 0.276 e. The number of piperidine rings is 1. The third-order valence-electron chi connectivity index (χ3n) is 4.88. The summed E-state index contributed by atoms with van der Waals surface area (Å²) in [5, 5.41) is 6.97. The first-order chi connectivity index (χ1) is 12.2. The molecule has 0 radical (unpaired) electrons. The first kappa shape index (κ1) is 15.9. The van der Waals surface area contributed by atoms with Crippen LogP contribution in [-0.2, 0) is 0 Å². The van der Waals surface area contributed by atoms with Gasteiger partial charge in [0.15, 0.2) is 5.69 Å². The van der Waals surface area contributed by atoms with Gasteiger partial charge in [0.1, 0.15) is 5.76 Å². The number of hydrogen-bond donors (Lipinski definition) is 1. The number of likely N-dealkylation sites (tertiary alicyclic amines) is 1. The fourth-order valence-electron chi connectivity index (χ4n) is 3.20. The fraction of sp³-hybridized carbons (Fsp3) is 0.421. The largest absolute Gasteiger partial charge is 0.360 e. The van der Waals surface area contributed by atoms with Crippen LogP contribution in [0.3, 0.4) is 0 Å². The Morgan fingerprint density at radius 2 is 1.80 bits per heavy atom. The monoisotopic (exact) mass is 339 g/mol. The van der Waals surface area contributed by atoms with E-state index in [1.165, 1.54) is 0 Å². The number of carbonyl (C=O) groups is 2. The number of rotatable bonds is 4. The zero-order valence-electron chi connectivity index (χ0n) is 14.0. The van der Waals surface area contributed by atoms with Crippen molar-refractivity contribution in [3.8, 4) is 0 Å². The summed E-state index contributed by atoms with van der Waals surface area (Å²) in [4.78, 5) is 26.5. The van der Waals surface area contributed by atoms with Crippen molar-refractivity contribution in [3.05, 3.63) is 53.4 Å². The molecule has 25 heavy (non-hydrogen) atoms. The lowest BCUT2D eigenvalue weighted by Gasteiger charge is -2.31. The summed E-state index contributed by atoms with van der Waals surface area (Å²) in [6.45, 7) is 1.23. The van der Waals surface area contributed by atoms with Gasteiger partial charge in [0.25, 0.3) is 11.8 Å². The molecule has 1 aromatic carbocycles. The molecule has 0 spiro atoms. The molecule has 2 fully saturated rings. The van der Waals surface area contributed by atoms with Crippen LogP contribution in [-0.4, -0.2) is 41.0 Å². The standard InChI is InChI=1S/C19H21N3O3/c23-18(14-4-2-1-3-5-14)20-15-8-10-22(11-9-15)19(24)16-12-17(25-21-16)13-6-7-13/h1-5,12-13,15H,6-11H2,(H,20,23). The Hall–Kier alpha value is -2.63. The van der Waals surface area contributed by atoms with E-state index in [-0.39, 0.29) is 17.9 Å². The van der Waals surface area contributed by atoms with E-state index in [0.717, 1.165) is 31.4 Å². The maximum absolute atomic E-state index is 12.5. The minimum Gasteiger partial charge on any atom is -0.360 e. The lowest BCUT2D eigenvalue weighted by Crippen LogP contribution is -2.46. The van der Waals surface area contributed by atoms with Gasteiger partial charge >= 0.3 is 0 Å². The number of nitrogens with one attached hydrogen (secondary N) is 1. The molecule has 2 heterocycles. The van der Waals surface area contributed by atoms with E-state index < -0.39 is 0 Å². The number of aromatic nitrogens is 1. The summed E-state index contributed by atoms with van der Waals surface area (Å²) in [7, 11) is 0. The summed E-state index contributed by atoms with van der Waals surface area (Å²) in [5.74, 6) is 1.14. The van der Waals surface area contributed by atoms with Crippen LogP contribution in [0.4, 0.5) is 0 Å². The van der Waals surface area contributed by atoms with Gasteiger partial charge in [-0.15, -0.1) is 0 Å². The Bertz CT molecular complexity index is 759. The Kier molecular flexibility index (Phi) is 4.26. The molecule has 0 atom stereocenters. The van der Waals surface area contributed by atoms with Gasteiger partial charge in [-0.3, -0.25) is 9.59 Å². The second-order valence-corrected chi connectivity index (χ2v) is 6.79. The highest BCUT2D eigenvalue weighted by Gasteiger charge is 2.31. The van der Waals surface area contributed by atoms with Crippen molar-refractivity contribution in [2.24, 2.45) is 0 Å². The molecule has 1 aliphatic heterocycles. The van der Waals surface area contributed by atoms with Crippen molar-refractivity contribution >= 4 is 11.8 Å². The van der Waals surface area contributed by atoms with E-state index >= 15 is 0 Å². The van der Waals surface area contributed by atoms with Crippen LogP contribution < -0.4 is 5.32 Å². The maximum atomic E-state index is 12.5. The van der Waals surface area contributed by atoms with Crippen molar-refractivity contribution in [3.63, 3.8) is 0 Å². The van der Waals surface area contributed by atoms with E-state index in [1.807, 2.05) is 18.2 Å². The normalized spacial score (nSPS) is 18.2. The molecule has 1 aromatic heterocycles. The summed E-state index contributed by atoms with van der Waals surface area (Å²) >= 11 is 0. The molecular formula is C19H21N3O3. The molecule has 2 amide bonds. The Balaban J connectivity index is 1.30. The minimum absolute atomic E-state index is 0.0593. The molecule has 1 saturated carbocycles. The highest BCUT2D eigenvalue weighted by atomic mass is 16.5. The smallest absolute Gasteiger partial charge is 0.276 e. The first-order valence-electron chi connectivity index (χ1n) is 8.82. The highest BCUT2D eigenvalue weighted by molar-refractivity contribution is 5.94. The lowest BCUT2D eigenvalue weighted by atomic mass is 10.0. The van der Waals surface area contributed by atoms with Gasteiger partial charge in [-0.2, -0.15) is 0 Å². The highest BCUT2D eigenvalue weighted by Crippen LogP contribution is 2.40. The molecule has 1 N–H and O–H groups in total. The first-order valence-corrected chi connectivity index (χ1v) is 8.82. The van der Waals surface area contributed by atoms with Crippen LogP contribution in [0.25, 0.3) is 0 Å². The predicted molar refractivity (Wildman–Crippen MR) is 91.3 cm³/mol. The van der Waals surface area contributed by atoms with Crippen LogP contribution in [0, 0.1) is 0 Å². The average molecular weight is 339 g/mol. The van der Waals surface area contributed by atoms with Gasteiger partial charge in [0.2, 0.25) is 0 Å². The van der Waals surface area contributed by atoms with Crippen molar-refractivity contribution in [2.45, 2.75) is 37.6 Å². The van der Waals surface area contributed by atoms with Crippen LogP contribution >= 0.6 is 0 Å². The van der Waals surface area contributed by atoms with Crippen LogP contribution in [0.15, 0.2) is 40.9 Å². The van der Waals surface area contributed by atoms with Crippen molar-refractivity contribution in [2.75, 3.05) is 13.1 Å². The van der Waals surface area contributed by atoms with Crippen LogP contribution in [0.5, 0.6) is 0 Å². The number of amides is 2. The van der Waals surface area contributed by atoms with Crippen LogP contribution in [0.1, 0.15) is 58.2 Å². The summed E-state index contributed by atoms with van der Waals surface area (Å²) in [5.41, 5.74) is 1.06. The summed E-state index contributed by atoms with van der Waals surface area (Å²) in [6.07, 6.45) is 3.74. The number of benzene rings is 1. The summed E-state index contributed by atoms with van der Waals surface area (Å²) in [6, 6.07) is 11.1. The third kappa shape index (κ3) is 3.57. The topological polar surface area (TPSA) is 75.4 Å². The molecule has 4 rings (SSSR count). The van der Waals surface area contributed by atoms with Gasteiger partial charge in [0, 0.05) is 36.7 Å². The SMILES string of the molecule is O=C(NC1CCN(C(=O)c2cc(C3CC3)on2)CC1)c1ccccc1. The van der Waals surface area contributed by atoms with Crippen molar-refractivity contribution in [1.82, 2.24) is 15.4 Å². The second-order valence-electron chi connectivity index (χ2n) is 6.79. The predicted octanol–water partition coefficient (Wildman–Crippen LogP) is 2.59. The minimum atomic E-state index is -0.0801. The molecule has 130 valence electrons. The molecule has 0 unspecified atom stereocenters. The zero-order chi connectivity index (χ0) is 17.2. The van der Waals surface area contributed by atoms with E-state index in [0.29, 0.717) is 30.3 Å². The molecule has 0 bridgehead atoms. The Labute approximate surface area is 146 Å². The van der Waals surface area contributed by atoms with Crippen molar-refractivity contribution < 1.29 is 14.1 Å². The molecule has 2 aliphatic rings. The van der Waals surface area contributed by atoms with Gasteiger partial charge in [0.05, 0.1) is 0 Å².